The first-order valence-corrected chi connectivity index (χ1v) is 10.5. The SMILES string of the molecule is CCC(Oc1ccc2c(c1)CCC2)C(=O)N1CCCN(CC2CC2)CC1. The fourth-order valence-electron chi connectivity index (χ4n) is 4.34. The van der Waals surface area contributed by atoms with Gasteiger partial charge in [0.15, 0.2) is 6.10 Å². The van der Waals surface area contributed by atoms with Gasteiger partial charge in [-0.15, -0.1) is 0 Å². The molecule has 2 aliphatic carbocycles. The van der Waals surface area contributed by atoms with Gasteiger partial charge in [-0.2, -0.15) is 0 Å². The van der Waals surface area contributed by atoms with Crippen molar-refractivity contribution in [2.45, 2.75) is 58.0 Å². The Bertz CT molecular complexity index is 641. The lowest BCUT2D eigenvalue weighted by atomic mass is 10.1. The number of aryl methyl sites for hydroxylation is 2. The molecule has 3 aliphatic rings. The molecule has 1 aromatic rings. The number of benzene rings is 1. The van der Waals surface area contributed by atoms with Gasteiger partial charge >= 0.3 is 0 Å². The van der Waals surface area contributed by atoms with Gasteiger partial charge in [0.2, 0.25) is 0 Å². The fourth-order valence-corrected chi connectivity index (χ4v) is 4.34. The van der Waals surface area contributed by atoms with Crippen molar-refractivity contribution >= 4 is 5.91 Å². The molecule has 4 rings (SSSR count). The Morgan fingerprint density at radius 1 is 1.12 bits per heavy atom. The quantitative estimate of drug-likeness (QED) is 0.784. The molecule has 1 aliphatic heterocycles. The maximum atomic E-state index is 13.0. The number of fused-ring (bicyclic) bond motifs is 1. The van der Waals surface area contributed by atoms with Gasteiger partial charge in [-0.1, -0.05) is 13.0 Å². The van der Waals surface area contributed by atoms with Gasteiger partial charge in [0.1, 0.15) is 5.75 Å². The van der Waals surface area contributed by atoms with Crippen molar-refractivity contribution in [3.8, 4) is 5.75 Å². The lowest BCUT2D eigenvalue weighted by Gasteiger charge is -2.26. The first kappa shape index (κ1) is 17.8. The zero-order chi connectivity index (χ0) is 17.9. The van der Waals surface area contributed by atoms with Crippen LogP contribution in [0.25, 0.3) is 0 Å². The van der Waals surface area contributed by atoms with E-state index in [1.165, 1.54) is 43.4 Å². The van der Waals surface area contributed by atoms with Crippen LogP contribution in [0.4, 0.5) is 0 Å². The number of carbonyl (C=O) groups excluding carboxylic acids is 1. The number of hydrogen-bond donors (Lipinski definition) is 0. The average molecular weight is 357 g/mol. The molecule has 26 heavy (non-hydrogen) atoms. The van der Waals surface area contributed by atoms with Gasteiger partial charge in [0.25, 0.3) is 5.91 Å². The summed E-state index contributed by atoms with van der Waals surface area (Å²) in [5.41, 5.74) is 2.84. The maximum Gasteiger partial charge on any atom is 0.263 e. The zero-order valence-electron chi connectivity index (χ0n) is 16.1. The summed E-state index contributed by atoms with van der Waals surface area (Å²) in [7, 11) is 0. The molecule has 1 atom stereocenters. The van der Waals surface area contributed by atoms with E-state index in [9.17, 15) is 4.79 Å². The van der Waals surface area contributed by atoms with Crippen molar-refractivity contribution in [3.63, 3.8) is 0 Å². The summed E-state index contributed by atoms with van der Waals surface area (Å²) in [6.45, 7) is 7.12. The normalized spacial score (nSPS) is 22.0. The maximum absolute atomic E-state index is 13.0. The monoisotopic (exact) mass is 356 g/mol. The van der Waals surface area contributed by atoms with Gasteiger partial charge in [-0.25, -0.2) is 0 Å². The molecule has 1 saturated carbocycles. The van der Waals surface area contributed by atoms with Crippen LogP contribution >= 0.6 is 0 Å². The van der Waals surface area contributed by atoms with E-state index in [0.29, 0.717) is 0 Å². The first-order chi connectivity index (χ1) is 12.7. The van der Waals surface area contributed by atoms with E-state index in [1.807, 2.05) is 17.9 Å². The molecule has 1 heterocycles. The molecule has 0 bridgehead atoms. The number of carbonyl (C=O) groups is 1. The lowest BCUT2D eigenvalue weighted by molar-refractivity contribution is -0.138. The summed E-state index contributed by atoms with van der Waals surface area (Å²) in [5.74, 6) is 1.95. The van der Waals surface area contributed by atoms with Crippen molar-refractivity contribution < 1.29 is 9.53 Å². The number of ether oxygens (including phenoxy) is 1. The molecule has 0 aromatic heterocycles. The topological polar surface area (TPSA) is 32.8 Å². The van der Waals surface area contributed by atoms with E-state index in [-0.39, 0.29) is 12.0 Å². The summed E-state index contributed by atoms with van der Waals surface area (Å²) in [5, 5.41) is 0. The van der Waals surface area contributed by atoms with Crippen LogP contribution in [0.15, 0.2) is 18.2 Å². The molecule has 4 nitrogen and oxygen atoms in total. The molecule has 1 aromatic carbocycles. The van der Waals surface area contributed by atoms with E-state index in [0.717, 1.165) is 57.1 Å². The standard InChI is InChI=1S/C22H32N2O2/c1-2-21(26-20-10-9-18-5-3-6-19(18)15-20)22(25)24-12-4-11-23(13-14-24)16-17-7-8-17/h9-10,15,17,21H,2-8,11-14,16H2,1H3. The van der Waals surface area contributed by atoms with E-state index in [2.05, 4.69) is 17.0 Å². The third-order valence-electron chi connectivity index (χ3n) is 6.11. The Hall–Kier alpha value is -1.55. The highest BCUT2D eigenvalue weighted by molar-refractivity contribution is 5.81. The van der Waals surface area contributed by atoms with E-state index in [1.54, 1.807) is 0 Å². The first-order valence-electron chi connectivity index (χ1n) is 10.5. The number of rotatable bonds is 6. The third-order valence-corrected chi connectivity index (χ3v) is 6.11. The lowest BCUT2D eigenvalue weighted by Crippen LogP contribution is -2.43. The predicted molar refractivity (Wildman–Crippen MR) is 104 cm³/mol. The second kappa shape index (κ2) is 7.99. The Kier molecular flexibility index (Phi) is 5.49. The van der Waals surface area contributed by atoms with E-state index < -0.39 is 0 Å². The van der Waals surface area contributed by atoms with E-state index in [4.69, 9.17) is 4.74 Å². The van der Waals surface area contributed by atoms with Crippen LogP contribution in [0.2, 0.25) is 0 Å². The van der Waals surface area contributed by atoms with Crippen molar-refractivity contribution in [1.82, 2.24) is 9.80 Å². The number of hydrogen-bond acceptors (Lipinski definition) is 3. The Balaban J connectivity index is 1.35. The molecule has 1 saturated heterocycles. The van der Waals surface area contributed by atoms with Crippen molar-refractivity contribution in [2.24, 2.45) is 5.92 Å². The average Bonchev–Trinajstić information content (AvgIpc) is 3.40. The molecular formula is C22H32N2O2. The summed E-state index contributed by atoms with van der Waals surface area (Å²) in [6.07, 6.45) is 7.78. The number of amides is 1. The summed E-state index contributed by atoms with van der Waals surface area (Å²) >= 11 is 0. The van der Waals surface area contributed by atoms with Gasteiger partial charge in [0.05, 0.1) is 0 Å². The molecule has 142 valence electrons. The smallest absolute Gasteiger partial charge is 0.263 e. The molecule has 0 N–H and O–H groups in total. The van der Waals surface area contributed by atoms with E-state index >= 15 is 0 Å². The zero-order valence-corrected chi connectivity index (χ0v) is 16.1. The van der Waals surface area contributed by atoms with Gasteiger partial charge < -0.3 is 14.5 Å². The molecule has 0 radical (unpaired) electrons. The van der Waals surface area contributed by atoms with Gasteiger partial charge in [0, 0.05) is 26.2 Å². The molecule has 2 fully saturated rings. The summed E-state index contributed by atoms with van der Waals surface area (Å²) < 4.78 is 6.14. The molecule has 4 heteroatoms. The number of nitrogens with zero attached hydrogens (tertiary/aromatic N) is 2. The van der Waals surface area contributed by atoms with Crippen molar-refractivity contribution in [2.75, 3.05) is 32.7 Å². The second-order valence-corrected chi connectivity index (χ2v) is 8.22. The van der Waals surface area contributed by atoms with Crippen LogP contribution in [0.1, 0.15) is 50.2 Å². The minimum absolute atomic E-state index is 0.168. The molecule has 1 unspecified atom stereocenters. The molecular weight excluding hydrogens is 324 g/mol. The van der Waals surface area contributed by atoms with Crippen LogP contribution in [0.5, 0.6) is 5.75 Å². The Morgan fingerprint density at radius 3 is 2.77 bits per heavy atom. The largest absolute Gasteiger partial charge is 0.481 e. The second-order valence-electron chi connectivity index (χ2n) is 8.22. The van der Waals surface area contributed by atoms with Crippen LogP contribution in [-0.4, -0.2) is 54.5 Å². The predicted octanol–water partition coefficient (Wildman–Crippen LogP) is 3.28. The summed E-state index contributed by atoms with van der Waals surface area (Å²) in [4.78, 5) is 17.6. The van der Waals surface area contributed by atoms with Gasteiger partial charge in [-0.05, 0) is 80.7 Å². The highest BCUT2D eigenvalue weighted by Gasteiger charge is 2.29. The van der Waals surface area contributed by atoms with Crippen LogP contribution < -0.4 is 4.74 Å². The van der Waals surface area contributed by atoms with Crippen LogP contribution in [-0.2, 0) is 17.6 Å². The Labute approximate surface area is 157 Å². The highest BCUT2D eigenvalue weighted by Crippen LogP contribution is 2.30. The molecule has 1 amide bonds. The highest BCUT2D eigenvalue weighted by atomic mass is 16.5. The van der Waals surface area contributed by atoms with Crippen molar-refractivity contribution in [3.05, 3.63) is 29.3 Å². The Morgan fingerprint density at radius 2 is 1.96 bits per heavy atom. The molecule has 0 spiro atoms. The van der Waals surface area contributed by atoms with Crippen LogP contribution in [0, 0.1) is 5.92 Å². The minimum Gasteiger partial charge on any atom is -0.481 e. The third kappa shape index (κ3) is 4.22. The fraction of sp³-hybridized carbons (Fsp3) is 0.682. The van der Waals surface area contributed by atoms with Crippen molar-refractivity contribution in [1.29, 1.82) is 0 Å². The van der Waals surface area contributed by atoms with Gasteiger partial charge in [-0.3, -0.25) is 4.79 Å². The summed E-state index contributed by atoms with van der Waals surface area (Å²) in [6, 6.07) is 6.37. The minimum atomic E-state index is -0.357. The van der Waals surface area contributed by atoms with Crippen LogP contribution in [0.3, 0.4) is 0 Å².